The summed E-state index contributed by atoms with van der Waals surface area (Å²) >= 11 is 0. The van der Waals surface area contributed by atoms with E-state index >= 15 is 0 Å². The summed E-state index contributed by atoms with van der Waals surface area (Å²) in [6.07, 6.45) is 3.42. The van der Waals surface area contributed by atoms with Gasteiger partial charge in [-0.05, 0) is 30.4 Å². The van der Waals surface area contributed by atoms with Gasteiger partial charge in [-0.1, -0.05) is 30.3 Å². The first-order valence-electron chi connectivity index (χ1n) is 9.72. The third-order valence-electron chi connectivity index (χ3n) is 5.80. The monoisotopic (exact) mass is 390 g/mol. The molecular weight excluding hydrogens is 368 g/mol. The summed E-state index contributed by atoms with van der Waals surface area (Å²) < 4.78 is 0. The Morgan fingerprint density at radius 2 is 2.07 bits per heavy atom. The average molecular weight is 390 g/mol. The van der Waals surface area contributed by atoms with Gasteiger partial charge in [0.15, 0.2) is 0 Å². The molecule has 148 valence electrons. The molecule has 2 aromatic rings. The number of aromatic nitrogens is 1. The number of aliphatic hydroxyl groups excluding tert-OH is 1. The number of benzene rings is 1. The lowest BCUT2D eigenvalue weighted by molar-refractivity contribution is -0.125. The van der Waals surface area contributed by atoms with Crippen molar-refractivity contribution >= 4 is 23.3 Å². The molecule has 2 N–H and O–H groups in total. The number of carbonyl (C=O) groups excluding carboxylic acids is 2. The molecule has 2 amide bonds. The van der Waals surface area contributed by atoms with Gasteiger partial charge in [0.05, 0.1) is 12.5 Å². The predicted molar refractivity (Wildman–Crippen MR) is 107 cm³/mol. The number of nitrogens with one attached hydrogen (secondary N) is 1. The van der Waals surface area contributed by atoms with E-state index in [2.05, 4.69) is 16.4 Å². The lowest BCUT2D eigenvalue weighted by atomic mass is 9.75. The molecule has 7 nitrogen and oxygen atoms in total. The van der Waals surface area contributed by atoms with Gasteiger partial charge >= 0.3 is 0 Å². The van der Waals surface area contributed by atoms with Crippen LogP contribution in [0.15, 0.2) is 48.7 Å². The second kappa shape index (κ2) is 7.64. The highest BCUT2D eigenvalue weighted by molar-refractivity contribution is 6.03. The van der Waals surface area contributed by atoms with Crippen LogP contribution in [0.3, 0.4) is 0 Å². The maximum absolute atomic E-state index is 13.2. The summed E-state index contributed by atoms with van der Waals surface area (Å²) in [5.74, 6) is -0.538. The van der Waals surface area contributed by atoms with Crippen molar-refractivity contribution in [2.75, 3.05) is 23.4 Å². The third kappa shape index (κ3) is 3.47. The first-order chi connectivity index (χ1) is 14.1. The molecule has 2 fully saturated rings. The second-order valence-corrected chi connectivity index (χ2v) is 7.66. The van der Waals surface area contributed by atoms with Gasteiger partial charge in [0.2, 0.25) is 11.8 Å². The first-order valence-corrected chi connectivity index (χ1v) is 9.72. The maximum Gasteiger partial charge on any atom is 0.248 e. The van der Waals surface area contributed by atoms with Crippen molar-refractivity contribution in [1.29, 1.82) is 5.26 Å². The van der Waals surface area contributed by atoms with Gasteiger partial charge in [-0.25, -0.2) is 4.98 Å². The van der Waals surface area contributed by atoms with E-state index in [1.165, 1.54) is 11.1 Å². The average Bonchev–Trinajstić information content (AvgIpc) is 3.53. The second-order valence-electron chi connectivity index (χ2n) is 7.66. The van der Waals surface area contributed by atoms with Gasteiger partial charge in [0, 0.05) is 37.0 Å². The number of amides is 2. The zero-order chi connectivity index (χ0) is 20.4. The van der Waals surface area contributed by atoms with Crippen molar-refractivity contribution in [1.82, 2.24) is 4.98 Å². The molecule has 2 atom stereocenters. The van der Waals surface area contributed by atoms with Crippen LogP contribution in [0.25, 0.3) is 0 Å². The van der Waals surface area contributed by atoms with Gasteiger partial charge in [-0.2, -0.15) is 5.26 Å². The lowest BCUT2D eigenvalue weighted by Crippen LogP contribution is -2.38. The van der Waals surface area contributed by atoms with E-state index in [4.69, 9.17) is 0 Å². The molecule has 29 heavy (non-hydrogen) atoms. The van der Waals surface area contributed by atoms with Crippen LogP contribution in [0.4, 0.5) is 11.5 Å². The summed E-state index contributed by atoms with van der Waals surface area (Å²) in [6.45, 7) is 0.0683. The van der Waals surface area contributed by atoms with Gasteiger partial charge in [-0.15, -0.1) is 0 Å². The normalized spacial score (nSPS) is 23.7. The van der Waals surface area contributed by atoms with Crippen molar-refractivity contribution in [2.45, 2.75) is 19.3 Å². The van der Waals surface area contributed by atoms with Crippen LogP contribution in [-0.2, 0) is 16.0 Å². The SMILES string of the molecule is N#CC1(C2CC2)C(=O)N(c2ccnc(NC(=O)Cc3ccccc3)c2)CC1CO. The summed E-state index contributed by atoms with van der Waals surface area (Å²) in [6, 6.07) is 14.9. The Hall–Kier alpha value is -3.24. The molecule has 1 saturated heterocycles. The zero-order valence-electron chi connectivity index (χ0n) is 15.9. The summed E-state index contributed by atoms with van der Waals surface area (Å²) in [5, 5.41) is 22.4. The van der Waals surface area contributed by atoms with Crippen LogP contribution >= 0.6 is 0 Å². The predicted octanol–water partition coefficient (Wildman–Crippen LogP) is 2.14. The van der Waals surface area contributed by atoms with Gasteiger partial charge in [0.25, 0.3) is 0 Å². The van der Waals surface area contributed by atoms with Gasteiger partial charge < -0.3 is 15.3 Å². The van der Waals surface area contributed by atoms with E-state index in [9.17, 15) is 20.0 Å². The van der Waals surface area contributed by atoms with Crippen LogP contribution in [0.2, 0.25) is 0 Å². The summed E-state index contributed by atoms with van der Waals surface area (Å²) in [4.78, 5) is 31.2. The lowest BCUT2D eigenvalue weighted by Gasteiger charge is -2.24. The minimum Gasteiger partial charge on any atom is -0.396 e. The van der Waals surface area contributed by atoms with Crippen LogP contribution < -0.4 is 10.2 Å². The molecule has 7 heteroatoms. The van der Waals surface area contributed by atoms with Crippen LogP contribution in [0.1, 0.15) is 18.4 Å². The summed E-state index contributed by atoms with van der Waals surface area (Å²) in [7, 11) is 0. The number of nitriles is 1. The smallest absolute Gasteiger partial charge is 0.248 e. The Labute approximate surface area is 169 Å². The number of nitrogens with zero attached hydrogens (tertiary/aromatic N) is 3. The third-order valence-corrected chi connectivity index (χ3v) is 5.80. The first kappa shape index (κ1) is 19.1. The molecule has 1 aliphatic carbocycles. The Bertz CT molecular complexity index is 968. The fourth-order valence-corrected chi connectivity index (χ4v) is 4.17. The van der Waals surface area contributed by atoms with E-state index in [1.807, 2.05) is 30.3 Å². The van der Waals surface area contributed by atoms with E-state index < -0.39 is 11.3 Å². The molecule has 0 bridgehead atoms. The number of rotatable bonds is 6. The van der Waals surface area contributed by atoms with Crippen LogP contribution in [0, 0.1) is 28.6 Å². The number of carbonyl (C=O) groups is 2. The molecule has 0 spiro atoms. The minimum absolute atomic E-state index is 0.00836. The highest BCUT2D eigenvalue weighted by Gasteiger charge is 2.62. The van der Waals surface area contributed by atoms with Crippen molar-refractivity contribution in [3.05, 3.63) is 54.2 Å². The molecule has 2 aliphatic rings. The molecule has 1 aliphatic heterocycles. The minimum atomic E-state index is -1.16. The zero-order valence-corrected chi connectivity index (χ0v) is 15.9. The van der Waals surface area contributed by atoms with Crippen LogP contribution in [0.5, 0.6) is 0 Å². The van der Waals surface area contributed by atoms with Crippen molar-refractivity contribution in [3.8, 4) is 6.07 Å². The molecule has 0 radical (unpaired) electrons. The molecule has 2 heterocycles. The Balaban J connectivity index is 1.52. The number of aliphatic hydroxyl groups is 1. The number of hydrogen-bond donors (Lipinski definition) is 2. The molecular formula is C22H22N4O3. The number of anilines is 2. The molecule has 2 unspecified atom stereocenters. The largest absolute Gasteiger partial charge is 0.396 e. The Kier molecular flexibility index (Phi) is 5.03. The van der Waals surface area contributed by atoms with Crippen LogP contribution in [-0.4, -0.2) is 35.1 Å². The van der Waals surface area contributed by atoms with Gasteiger partial charge in [0.1, 0.15) is 11.2 Å². The quantitative estimate of drug-likeness (QED) is 0.786. The van der Waals surface area contributed by atoms with Gasteiger partial charge in [-0.3, -0.25) is 9.59 Å². The van der Waals surface area contributed by atoms with Crippen molar-refractivity contribution < 1.29 is 14.7 Å². The van der Waals surface area contributed by atoms with E-state index in [1.54, 1.807) is 12.1 Å². The summed E-state index contributed by atoms with van der Waals surface area (Å²) in [5.41, 5.74) is 0.301. The highest BCUT2D eigenvalue weighted by Crippen LogP contribution is 2.54. The van der Waals surface area contributed by atoms with Crippen molar-refractivity contribution in [2.24, 2.45) is 17.3 Å². The van der Waals surface area contributed by atoms with E-state index in [0.29, 0.717) is 11.5 Å². The Morgan fingerprint density at radius 3 is 2.72 bits per heavy atom. The number of hydrogen-bond acceptors (Lipinski definition) is 5. The Morgan fingerprint density at radius 1 is 1.31 bits per heavy atom. The molecule has 1 saturated carbocycles. The van der Waals surface area contributed by atoms with Crippen molar-refractivity contribution in [3.63, 3.8) is 0 Å². The van der Waals surface area contributed by atoms with E-state index in [0.717, 1.165) is 18.4 Å². The molecule has 1 aromatic carbocycles. The molecule has 4 rings (SSSR count). The number of pyridine rings is 1. The standard InChI is InChI=1S/C22H22N4O3/c23-14-22(16-6-7-16)17(13-27)12-26(21(22)29)18-8-9-24-19(11-18)25-20(28)10-15-4-2-1-3-5-15/h1-5,8-9,11,16-17,27H,6-7,10,12-13H2,(H,24,25,28). The maximum atomic E-state index is 13.2. The highest BCUT2D eigenvalue weighted by atomic mass is 16.3. The fourth-order valence-electron chi connectivity index (χ4n) is 4.17. The van der Waals surface area contributed by atoms with E-state index in [-0.39, 0.29) is 37.3 Å². The topological polar surface area (TPSA) is 106 Å². The fraction of sp³-hybridized carbons (Fsp3) is 0.364. The molecule has 1 aromatic heterocycles.